The highest BCUT2D eigenvalue weighted by Gasteiger charge is 2.25. The van der Waals surface area contributed by atoms with E-state index in [1.165, 1.54) is 6.07 Å². The standard InChI is InChI=1S/C10H11BrClNO2S/c11-8-3-4-10(9(12)5-8)16(14,15)13-6-7-1-2-7/h3-5,7,13H,1-2,6H2. The van der Waals surface area contributed by atoms with Crippen molar-refractivity contribution in [3.8, 4) is 0 Å². The summed E-state index contributed by atoms with van der Waals surface area (Å²) in [6.45, 7) is 0.509. The summed E-state index contributed by atoms with van der Waals surface area (Å²) in [5.41, 5.74) is 0. The molecular weight excluding hydrogens is 314 g/mol. The third kappa shape index (κ3) is 2.97. The highest BCUT2D eigenvalue weighted by Crippen LogP contribution is 2.29. The SMILES string of the molecule is O=S(=O)(NCC1CC1)c1ccc(Br)cc1Cl. The molecule has 88 valence electrons. The fourth-order valence-electron chi connectivity index (χ4n) is 1.32. The number of hydrogen-bond donors (Lipinski definition) is 1. The molecule has 0 atom stereocenters. The predicted molar refractivity (Wildman–Crippen MR) is 67.1 cm³/mol. The maximum atomic E-state index is 11.9. The van der Waals surface area contributed by atoms with Gasteiger partial charge < -0.3 is 0 Å². The van der Waals surface area contributed by atoms with Gasteiger partial charge in [0.1, 0.15) is 4.90 Å². The van der Waals surface area contributed by atoms with Crippen LogP contribution in [0.5, 0.6) is 0 Å². The van der Waals surface area contributed by atoms with Crippen molar-refractivity contribution >= 4 is 37.6 Å². The van der Waals surface area contributed by atoms with Crippen LogP contribution in [0.3, 0.4) is 0 Å². The van der Waals surface area contributed by atoms with Gasteiger partial charge in [0.2, 0.25) is 10.0 Å². The average Bonchev–Trinajstić information content (AvgIpc) is 2.97. The Hall–Kier alpha value is -0.100. The molecule has 0 bridgehead atoms. The number of nitrogens with one attached hydrogen (secondary N) is 1. The molecule has 1 aromatic rings. The van der Waals surface area contributed by atoms with E-state index in [0.717, 1.165) is 17.3 Å². The van der Waals surface area contributed by atoms with Crippen molar-refractivity contribution in [1.29, 1.82) is 0 Å². The highest BCUT2D eigenvalue weighted by atomic mass is 79.9. The Kier molecular flexibility index (Phi) is 3.59. The first kappa shape index (κ1) is 12.4. The zero-order chi connectivity index (χ0) is 11.8. The first-order valence-electron chi connectivity index (χ1n) is 4.94. The van der Waals surface area contributed by atoms with Crippen LogP contribution in [0.15, 0.2) is 27.6 Å². The monoisotopic (exact) mass is 323 g/mol. The van der Waals surface area contributed by atoms with Gasteiger partial charge in [-0.25, -0.2) is 13.1 Å². The smallest absolute Gasteiger partial charge is 0.211 e. The first-order chi connectivity index (χ1) is 7.49. The normalized spacial score (nSPS) is 16.4. The molecule has 1 fully saturated rings. The molecule has 2 rings (SSSR count). The number of sulfonamides is 1. The van der Waals surface area contributed by atoms with Gasteiger partial charge in [0.05, 0.1) is 5.02 Å². The van der Waals surface area contributed by atoms with E-state index >= 15 is 0 Å². The van der Waals surface area contributed by atoms with Crippen LogP contribution in [0.4, 0.5) is 0 Å². The fraction of sp³-hybridized carbons (Fsp3) is 0.400. The van der Waals surface area contributed by atoms with Crippen molar-refractivity contribution in [3.63, 3.8) is 0 Å². The molecule has 0 aromatic heterocycles. The van der Waals surface area contributed by atoms with Crippen LogP contribution in [-0.4, -0.2) is 15.0 Å². The zero-order valence-corrected chi connectivity index (χ0v) is 11.6. The summed E-state index contributed by atoms with van der Waals surface area (Å²) in [7, 11) is -3.47. The lowest BCUT2D eigenvalue weighted by Crippen LogP contribution is -2.26. The Bertz CT molecular complexity index is 500. The molecule has 0 spiro atoms. The quantitative estimate of drug-likeness (QED) is 0.925. The Balaban J connectivity index is 2.20. The second-order valence-corrected chi connectivity index (χ2v) is 6.93. The van der Waals surface area contributed by atoms with Crippen LogP contribution in [0, 0.1) is 5.92 Å². The van der Waals surface area contributed by atoms with Crippen LogP contribution in [0.2, 0.25) is 5.02 Å². The molecule has 0 radical (unpaired) electrons. The second-order valence-electron chi connectivity index (χ2n) is 3.87. The molecule has 1 aliphatic rings. The minimum Gasteiger partial charge on any atom is -0.211 e. The van der Waals surface area contributed by atoms with Gasteiger partial charge in [-0.2, -0.15) is 0 Å². The summed E-state index contributed by atoms with van der Waals surface area (Å²) < 4.78 is 27.1. The van der Waals surface area contributed by atoms with E-state index in [9.17, 15) is 8.42 Å². The van der Waals surface area contributed by atoms with Gasteiger partial charge in [-0.3, -0.25) is 0 Å². The van der Waals surface area contributed by atoms with E-state index in [0.29, 0.717) is 12.5 Å². The predicted octanol–water partition coefficient (Wildman–Crippen LogP) is 2.79. The molecule has 0 amide bonds. The molecule has 1 aliphatic carbocycles. The van der Waals surface area contributed by atoms with Gasteiger partial charge in [0, 0.05) is 11.0 Å². The molecular formula is C10H11BrClNO2S. The summed E-state index contributed by atoms with van der Waals surface area (Å²) in [5.74, 6) is 0.504. The summed E-state index contributed by atoms with van der Waals surface area (Å²) in [6.07, 6.45) is 2.22. The van der Waals surface area contributed by atoms with Gasteiger partial charge in [-0.15, -0.1) is 0 Å². The van der Waals surface area contributed by atoms with Crippen molar-refractivity contribution in [1.82, 2.24) is 4.72 Å². The molecule has 0 unspecified atom stereocenters. The molecule has 1 N–H and O–H groups in total. The van der Waals surface area contributed by atoms with Crippen LogP contribution in [-0.2, 0) is 10.0 Å². The zero-order valence-electron chi connectivity index (χ0n) is 8.41. The van der Waals surface area contributed by atoms with E-state index < -0.39 is 10.0 Å². The summed E-state index contributed by atoms with van der Waals surface area (Å²) in [4.78, 5) is 0.137. The topological polar surface area (TPSA) is 46.2 Å². The van der Waals surface area contributed by atoms with Crippen LogP contribution in [0.1, 0.15) is 12.8 Å². The van der Waals surface area contributed by atoms with E-state index in [2.05, 4.69) is 20.7 Å². The van der Waals surface area contributed by atoms with E-state index in [1.807, 2.05) is 0 Å². The number of benzene rings is 1. The Morgan fingerprint density at radius 1 is 1.44 bits per heavy atom. The van der Waals surface area contributed by atoms with Gasteiger partial charge in [0.25, 0.3) is 0 Å². The van der Waals surface area contributed by atoms with E-state index in [-0.39, 0.29) is 9.92 Å². The van der Waals surface area contributed by atoms with Crippen LogP contribution >= 0.6 is 27.5 Å². The van der Waals surface area contributed by atoms with Crippen molar-refractivity contribution in [2.45, 2.75) is 17.7 Å². The van der Waals surface area contributed by atoms with E-state index in [4.69, 9.17) is 11.6 Å². The minimum absolute atomic E-state index is 0.137. The Morgan fingerprint density at radius 2 is 2.12 bits per heavy atom. The average molecular weight is 325 g/mol. The van der Waals surface area contributed by atoms with Crippen molar-refractivity contribution in [2.24, 2.45) is 5.92 Å². The lowest BCUT2D eigenvalue weighted by Gasteiger charge is -2.07. The molecule has 3 nitrogen and oxygen atoms in total. The van der Waals surface area contributed by atoms with Crippen molar-refractivity contribution < 1.29 is 8.42 Å². The maximum Gasteiger partial charge on any atom is 0.242 e. The maximum absolute atomic E-state index is 11.9. The third-order valence-corrected chi connectivity index (χ3v) is 4.84. The van der Waals surface area contributed by atoms with Crippen molar-refractivity contribution in [3.05, 3.63) is 27.7 Å². The number of rotatable bonds is 4. The first-order valence-corrected chi connectivity index (χ1v) is 7.59. The summed E-state index contributed by atoms with van der Waals surface area (Å²) in [6, 6.07) is 4.74. The second kappa shape index (κ2) is 4.64. The largest absolute Gasteiger partial charge is 0.242 e. The molecule has 0 aliphatic heterocycles. The molecule has 0 heterocycles. The molecule has 1 saturated carbocycles. The van der Waals surface area contributed by atoms with Crippen LogP contribution < -0.4 is 4.72 Å². The highest BCUT2D eigenvalue weighted by molar-refractivity contribution is 9.10. The molecule has 0 saturated heterocycles. The van der Waals surface area contributed by atoms with Gasteiger partial charge >= 0.3 is 0 Å². The number of hydrogen-bond acceptors (Lipinski definition) is 2. The summed E-state index contributed by atoms with van der Waals surface area (Å²) in [5, 5.41) is 0.234. The lowest BCUT2D eigenvalue weighted by molar-refractivity contribution is 0.577. The molecule has 6 heteroatoms. The third-order valence-electron chi connectivity index (χ3n) is 2.44. The fourth-order valence-corrected chi connectivity index (χ4v) is 3.47. The molecule has 16 heavy (non-hydrogen) atoms. The van der Waals surface area contributed by atoms with Gasteiger partial charge in [-0.1, -0.05) is 27.5 Å². The molecule has 1 aromatic carbocycles. The Morgan fingerprint density at radius 3 is 2.69 bits per heavy atom. The Labute approximate surface area is 108 Å². The van der Waals surface area contributed by atoms with E-state index in [1.54, 1.807) is 12.1 Å². The minimum atomic E-state index is -3.47. The van der Waals surface area contributed by atoms with Gasteiger partial charge in [-0.05, 0) is 37.0 Å². The number of halogens is 2. The van der Waals surface area contributed by atoms with Crippen molar-refractivity contribution in [2.75, 3.05) is 6.54 Å². The van der Waals surface area contributed by atoms with Crippen LogP contribution in [0.25, 0.3) is 0 Å². The van der Waals surface area contributed by atoms with Gasteiger partial charge in [0.15, 0.2) is 0 Å². The lowest BCUT2D eigenvalue weighted by atomic mass is 10.4. The summed E-state index contributed by atoms with van der Waals surface area (Å²) >= 11 is 9.13.